The van der Waals surface area contributed by atoms with Crippen LogP contribution in [0.1, 0.15) is 33.4 Å². The fourth-order valence-corrected chi connectivity index (χ4v) is 11.9. The van der Waals surface area contributed by atoms with Crippen molar-refractivity contribution in [3.05, 3.63) is 309 Å². The zero-order chi connectivity index (χ0) is 72.6. The zero-order valence-corrected chi connectivity index (χ0v) is 59.0. The Kier molecular flexibility index (Phi) is 22.8. The van der Waals surface area contributed by atoms with Crippen molar-refractivity contribution in [2.45, 2.75) is 40.3 Å². The number of rotatable bonds is 20. The highest BCUT2D eigenvalue weighted by atomic mass is 35.5. The van der Waals surface area contributed by atoms with Crippen LogP contribution in [0.2, 0.25) is 20.1 Å². The molecule has 0 saturated carbocycles. The van der Waals surface area contributed by atoms with Crippen LogP contribution in [0.4, 0.5) is 54.8 Å². The third kappa shape index (κ3) is 17.1. The SMILES string of the molecule is CN(c1cccnc1)c1noc2cccc(OCc3c(Cl)cccc3Cl)c12.Cc1cccc(C)c1COc1cccc2onc(Nc3cccnc3)c12.Clc1cccc(Cl)c1COc1cccc2onc(Nc3cccnc3)c12.Fc1cccc(F)c1COc1cccc2onc(Nc3cccnc3)c12. The quantitative estimate of drug-likeness (QED) is 0.0644. The number of pyridine rings is 4. The Hall–Kier alpha value is -12.3. The molecule has 0 atom stereocenters. The van der Waals surface area contributed by atoms with Gasteiger partial charge in [-0.25, -0.2) is 8.78 Å². The monoisotopic (exact) mass is 1480 g/mol. The normalized spacial score (nSPS) is 10.9. The Morgan fingerprint density at radius 2 is 0.676 bits per heavy atom. The molecule has 20 nitrogen and oxygen atoms in total. The fraction of sp³-hybridized carbons (Fsp3) is 0.0886. The van der Waals surface area contributed by atoms with E-state index in [0.717, 1.165) is 55.8 Å². The topological polar surface area (TPSA) is 232 Å². The maximum absolute atomic E-state index is 13.8. The van der Waals surface area contributed by atoms with Crippen LogP contribution in [0.25, 0.3) is 43.9 Å². The first-order valence-electron chi connectivity index (χ1n) is 32.3. The van der Waals surface area contributed by atoms with Crippen molar-refractivity contribution in [2.75, 3.05) is 27.9 Å². The predicted octanol–water partition coefficient (Wildman–Crippen LogP) is 21.7. The van der Waals surface area contributed by atoms with Crippen molar-refractivity contribution in [1.82, 2.24) is 40.6 Å². The molecular formula is C79H60Cl4F2N12O8. The Morgan fingerprint density at radius 1 is 0.352 bits per heavy atom. The number of hydrogen-bond donors (Lipinski definition) is 3. The molecule has 8 heterocycles. The summed E-state index contributed by atoms with van der Waals surface area (Å²) in [5, 5.41) is 31.1. The summed E-state index contributed by atoms with van der Waals surface area (Å²) in [6.07, 6.45) is 13.6. The van der Waals surface area contributed by atoms with Crippen molar-refractivity contribution >= 4 is 136 Å². The van der Waals surface area contributed by atoms with Gasteiger partial charge in [0, 0.05) is 63.1 Å². The molecule has 0 unspecified atom stereocenters. The van der Waals surface area contributed by atoms with Gasteiger partial charge >= 0.3 is 0 Å². The van der Waals surface area contributed by atoms with Gasteiger partial charge in [-0.1, -0.05) is 128 Å². The Bertz CT molecular complexity index is 5120. The first-order valence-corrected chi connectivity index (χ1v) is 33.9. The average molecular weight is 1490 g/mol. The minimum atomic E-state index is -0.656. The van der Waals surface area contributed by atoms with Gasteiger partial charge in [0.2, 0.25) is 0 Å². The van der Waals surface area contributed by atoms with Crippen LogP contribution in [0.5, 0.6) is 23.0 Å². The molecule has 26 heteroatoms. The largest absolute Gasteiger partial charge is 0.488 e. The number of halogens is 6. The molecule has 0 radical (unpaired) electrons. The summed E-state index contributed by atoms with van der Waals surface area (Å²) in [5.41, 5.74) is 10.6. The van der Waals surface area contributed by atoms with Crippen LogP contribution in [-0.4, -0.2) is 47.6 Å². The van der Waals surface area contributed by atoms with Crippen molar-refractivity contribution in [3.63, 3.8) is 0 Å². The predicted molar refractivity (Wildman–Crippen MR) is 403 cm³/mol. The van der Waals surface area contributed by atoms with Crippen molar-refractivity contribution in [2.24, 2.45) is 0 Å². The van der Waals surface area contributed by atoms with Gasteiger partial charge in [0.25, 0.3) is 0 Å². The zero-order valence-electron chi connectivity index (χ0n) is 56.0. The maximum Gasteiger partial charge on any atom is 0.187 e. The number of ether oxygens (including phenoxy) is 4. The highest BCUT2D eigenvalue weighted by molar-refractivity contribution is 6.36. The van der Waals surface area contributed by atoms with Gasteiger partial charge in [0.15, 0.2) is 45.6 Å². The van der Waals surface area contributed by atoms with E-state index in [1.165, 1.54) is 34.9 Å². The van der Waals surface area contributed by atoms with Crippen LogP contribution < -0.4 is 39.8 Å². The van der Waals surface area contributed by atoms with Crippen LogP contribution in [0, 0.1) is 25.5 Å². The number of aryl methyl sites for hydroxylation is 2. The lowest BCUT2D eigenvalue weighted by molar-refractivity contribution is 0.296. The van der Waals surface area contributed by atoms with E-state index in [9.17, 15) is 8.78 Å². The van der Waals surface area contributed by atoms with Crippen molar-refractivity contribution in [3.8, 4) is 23.0 Å². The molecule has 8 aromatic carbocycles. The van der Waals surface area contributed by atoms with E-state index < -0.39 is 11.6 Å². The van der Waals surface area contributed by atoms with Crippen LogP contribution in [0.15, 0.2) is 262 Å². The minimum absolute atomic E-state index is 0.136. The second-order valence-electron chi connectivity index (χ2n) is 23.1. The molecule has 526 valence electrons. The molecule has 105 heavy (non-hydrogen) atoms. The molecule has 0 amide bonds. The number of fused-ring (bicyclic) bond motifs is 4. The van der Waals surface area contributed by atoms with Gasteiger partial charge < -0.3 is 57.9 Å². The third-order valence-electron chi connectivity index (χ3n) is 16.3. The summed E-state index contributed by atoms with van der Waals surface area (Å²) in [5.74, 6) is 3.31. The number of nitrogens with one attached hydrogen (secondary N) is 3. The van der Waals surface area contributed by atoms with Gasteiger partial charge in [-0.05, 0) is 164 Å². The summed E-state index contributed by atoms with van der Waals surface area (Å²) in [4.78, 5) is 18.3. The summed E-state index contributed by atoms with van der Waals surface area (Å²) >= 11 is 24.9. The maximum atomic E-state index is 13.8. The molecule has 8 aromatic heterocycles. The highest BCUT2D eigenvalue weighted by Gasteiger charge is 2.22. The molecule has 0 spiro atoms. The lowest BCUT2D eigenvalue weighted by Gasteiger charge is -2.17. The van der Waals surface area contributed by atoms with E-state index in [1.54, 1.807) is 110 Å². The second kappa shape index (κ2) is 33.6. The summed E-state index contributed by atoms with van der Waals surface area (Å²) in [6, 6.07) is 57.5. The first kappa shape index (κ1) is 71.1. The molecule has 3 N–H and O–H groups in total. The molecule has 0 aliphatic rings. The molecule has 16 rings (SSSR count). The summed E-state index contributed by atoms with van der Waals surface area (Å²) < 4.78 is 73.1. The van der Waals surface area contributed by atoms with E-state index in [0.29, 0.717) is 94.9 Å². The second-order valence-corrected chi connectivity index (χ2v) is 24.7. The smallest absolute Gasteiger partial charge is 0.187 e. The van der Waals surface area contributed by atoms with Gasteiger partial charge in [-0.2, -0.15) is 0 Å². The Balaban J connectivity index is 0.000000124. The first-order chi connectivity index (χ1) is 51.3. The van der Waals surface area contributed by atoms with Gasteiger partial charge in [0.05, 0.1) is 53.1 Å². The number of nitrogens with zero attached hydrogens (tertiary/aromatic N) is 9. The van der Waals surface area contributed by atoms with Crippen LogP contribution >= 0.6 is 46.4 Å². The Morgan fingerprint density at radius 3 is 1.06 bits per heavy atom. The summed E-state index contributed by atoms with van der Waals surface area (Å²) in [7, 11) is 1.90. The molecule has 0 bridgehead atoms. The molecule has 0 aliphatic carbocycles. The number of hydrogen-bond acceptors (Lipinski definition) is 20. The van der Waals surface area contributed by atoms with E-state index in [-0.39, 0.29) is 25.4 Å². The number of benzene rings is 8. The van der Waals surface area contributed by atoms with E-state index in [4.69, 9.17) is 83.4 Å². The van der Waals surface area contributed by atoms with E-state index in [2.05, 4.69) is 88.6 Å². The van der Waals surface area contributed by atoms with Crippen molar-refractivity contribution < 1.29 is 45.8 Å². The minimum Gasteiger partial charge on any atom is -0.488 e. The average Bonchev–Trinajstić information content (AvgIpc) is 1.71. The lowest BCUT2D eigenvalue weighted by atomic mass is 10.0. The molecule has 0 aliphatic heterocycles. The van der Waals surface area contributed by atoms with Crippen molar-refractivity contribution in [1.29, 1.82) is 0 Å². The lowest BCUT2D eigenvalue weighted by Crippen LogP contribution is -2.10. The molecule has 0 fully saturated rings. The number of anilines is 8. The Labute approximate surface area is 619 Å². The highest BCUT2D eigenvalue weighted by Crippen LogP contribution is 2.41. The molecular weight excluding hydrogens is 1420 g/mol. The summed E-state index contributed by atoms with van der Waals surface area (Å²) in [6.45, 7) is 4.90. The van der Waals surface area contributed by atoms with Crippen LogP contribution in [-0.2, 0) is 26.4 Å². The van der Waals surface area contributed by atoms with Gasteiger partial charge in [0.1, 0.15) is 82.6 Å². The fourth-order valence-electron chi connectivity index (χ4n) is 10.9. The number of aromatic nitrogens is 8. The molecule has 0 saturated heterocycles. The van der Waals surface area contributed by atoms with Crippen LogP contribution in [0.3, 0.4) is 0 Å². The molecule has 16 aromatic rings. The standard InChI is InChI=1S/C21H19N3O2.C20H15Cl2N3O2.C19H13Cl2N3O2.C19H13F2N3O2/c1-14-6-3-7-15(2)17(14)13-25-18-9-4-10-19-20(18)21(24-26-19)23-16-8-5-11-22-12-16;1-25(13-5-4-10-23-11-13)20-19-17(8-3-9-18(19)27-24-20)26-12-14-15(21)6-2-7-16(14)22;2*20-14-5-1-6-15(21)13(14)11-25-16-7-2-8-17-18(16)19(24-26-17)23-12-4-3-9-22-10-12/h3-12H,13H2,1-2H3,(H,23,24);2-11H,12H2,1H3;2*1-10H,11H2,(H,23,24). The third-order valence-corrected chi connectivity index (χ3v) is 17.7. The van der Waals surface area contributed by atoms with E-state index >= 15 is 0 Å². The van der Waals surface area contributed by atoms with Gasteiger partial charge in [-0.3, -0.25) is 19.9 Å². The van der Waals surface area contributed by atoms with Gasteiger partial charge in [-0.15, -0.1) is 0 Å². The van der Waals surface area contributed by atoms with E-state index in [1.807, 2.05) is 109 Å².